The quantitative estimate of drug-likeness (QED) is 0.891. The van der Waals surface area contributed by atoms with Crippen LogP contribution in [0.4, 0.5) is 10.6 Å². The summed E-state index contributed by atoms with van der Waals surface area (Å²) in [4.78, 5) is 18.4. The maximum Gasteiger partial charge on any atom is 0.421 e. The van der Waals surface area contributed by atoms with Gasteiger partial charge in [0.2, 0.25) is 0 Å². The standard InChI is InChI=1S/C17H18ClN3O3/c18-12-1-4-15(5-2-12)24-17(23)21(13-7-9-19-10-8-13)16-6-3-14(22)11-20-16/h1-6,11,13,19,22H,7-10H2. The van der Waals surface area contributed by atoms with Crippen LogP contribution in [0.3, 0.4) is 0 Å². The van der Waals surface area contributed by atoms with Crippen LogP contribution < -0.4 is 15.0 Å². The molecule has 1 aromatic heterocycles. The molecule has 2 aromatic rings. The topological polar surface area (TPSA) is 74.7 Å². The molecule has 24 heavy (non-hydrogen) atoms. The smallest absolute Gasteiger partial charge is 0.421 e. The summed E-state index contributed by atoms with van der Waals surface area (Å²) in [5, 5.41) is 13.3. The van der Waals surface area contributed by atoms with Crippen molar-refractivity contribution in [2.45, 2.75) is 18.9 Å². The van der Waals surface area contributed by atoms with Gasteiger partial charge in [0.15, 0.2) is 0 Å². The molecule has 126 valence electrons. The molecule has 1 saturated heterocycles. The Hall–Kier alpha value is -2.31. The Morgan fingerprint density at radius 2 is 1.92 bits per heavy atom. The lowest BCUT2D eigenvalue weighted by Gasteiger charge is -2.33. The number of aromatic hydroxyl groups is 1. The Morgan fingerprint density at radius 1 is 1.21 bits per heavy atom. The van der Waals surface area contributed by atoms with Crippen LogP contribution in [0.5, 0.6) is 11.5 Å². The van der Waals surface area contributed by atoms with Crippen LogP contribution >= 0.6 is 11.6 Å². The number of carbonyl (C=O) groups is 1. The number of anilines is 1. The summed E-state index contributed by atoms with van der Waals surface area (Å²) in [7, 11) is 0. The number of ether oxygens (including phenoxy) is 1. The predicted octanol–water partition coefficient (Wildman–Crippen LogP) is 3.20. The minimum absolute atomic E-state index is 0.0110. The second kappa shape index (κ2) is 7.51. The van der Waals surface area contributed by atoms with Gasteiger partial charge in [0.1, 0.15) is 17.3 Å². The summed E-state index contributed by atoms with van der Waals surface area (Å²) >= 11 is 5.85. The molecule has 6 nitrogen and oxygen atoms in total. The van der Waals surface area contributed by atoms with E-state index in [9.17, 15) is 9.90 Å². The van der Waals surface area contributed by atoms with E-state index >= 15 is 0 Å². The van der Waals surface area contributed by atoms with E-state index in [0.29, 0.717) is 16.6 Å². The summed E-state index contributed by atoms with van der Waals surface area (Å²) in [6, 6.07) is 9.72. The van der Waals surface area contributed by atoms with Gasteiger partial charge >= 0.3 is 6.09 Å². The lowest BCUT2D eigenvalue weighted by Crippen LogP contribution is -2.47. The fraction of sp³-hybridized carbons (Fsp3) is 0.294. The minimum atomic E-state index is -0.498. The van der Waals surface area contributed by atoms with Gasteiger partial charge in [-0.15, -0.1) is 0 Å². The number of pyridine rings is 1. The highest BCUT2D eigenvalue weighted by atomic mass is 35.5. The molecule has 1 aromatic carbocycles. The number of halogens is 1. The minimum Gasteiger partial charge on any atom is -0.506 e. The van der Waals surface area contributed by atoms with Crippen LogP contribution in [0.15, 0.2) is 42.6 Å². The molecular formula is C17H18ClN3O3. The average Bonchev–Trinajstić information content (AvgIpc) is 2.60. The number of hydrogen-bond donors (Lipinski definition) is 2. The molecule has 0 radical (unpaired) electrons. The van der Waals surface area contributed by atoms with Crippen LogP contribution in [0.1, 0.15) is 12.8 Å². The van der Waals surface area contributed by atoms with Crippen molar-refractivity contribution in [3.8, 4) is 11.5 Å². The number of hydrogen-bond acceptors (Lipinski definition) is 5. The average molecular weight is 348 g/mol. The van der Waals surface area contributed by atoms with E-state index in [1.165, 1.54) is 12.3 Å². The zero-order valence-corrected chi connectivity index (χ0v) is 13.7. The fourth-order valence-electron chi connectivity index (χ4n) is 2.67. The molecule has 0 unspecified atom stereocenters. The number of nitrogens with one attached hydrogen (secondary N) is 1. The van der Waals surface area contributed by atoms with E-state index in [1.807, 2.05) is 0 Å². The molecule has 1 fully saturated rings. The Bertz CT molecular complexity index is 685. The van der Waals surface area contributed by atoms with Gasteiger partial charge in [0, 0.05) is 11.1 Å². The molecule has 0 atom stereocenters. The number of amides is 1. The van der Waals surface area contributed by atoms with Crippen molar-refractivity contribution in [3.63, 3.8) is 0 Å². The van der Waals surface area contributed by atoms with E-state index < -0.39 is 6.09 Å². The van der Waals surface area contributed by atoms with Crippen LogP contribution in [0, 0.1) is 0 Å². The number of rotatable bonds is 3. The number of piperidine rings is 1. The lowest BCUT2D eigenvalue weighted by atomic mass is 10.1. The van der Waals surface area contributed by atoms with Crippen molar-refractivity contribution in [2.24, 2.45) is 0 Å². The van der Waals surface area contributed by atoms with E-state index in [-0.39, 0.29) is 11.8 Å². The Morgan fingerprint density at radius 3 is 2.54 bits per heavy atom. The Balaban J connectivity index is 1.83. The summed E-state index contributed by atoms with van der Waals surface area (Å²) in [6.07, 6.45) is 2.43. The van der Waals surface area contributed by atoms with Crippen molar-refractivity contribution >= 4 is 23.5 Å². The highest BCUT2D eigenvalue weighted by Crippen LogP contribution is 2.24. The SMILES string of the molecule is O=C(Oc1ccc(Cl)cc1)N(c1ccc(O)cn1)C1CCNCC1. The van der Waals surface area contributed by atoms with Crippen molar-refractivity contribution in [3.05, 3.63) is 47.6 Å². The van der Waals surface area contributed by atoms with Crippen LogP contribution in [-0.4, -0.2) is 35.3 Å². The third-order valence-electron chi connectivity index (χ3n) is 3.87. The van der Waals surface area contributed by atoms with Crippen LogP contribution in [0.2, 0.25) is 5.02 Å². The highest BCUT2D eigenvalue weighted by Gasteiger charge is 2.29. The third kappa shape index (κ3) is 3.96. The normalized spacial score (nSPS) is 15.0. The monoisotopic (exact) mass is 347 g/mol. The summed E-state index contributed by atoms with van der Waals surface area (Å²) < 4.78 is 5.47. The van der Waals surface area contributed by atoms with Crippen molar-refractivity contribution in [2.75, 3.05) is 18.0 Å². The molecule has 0 spiro atoms. The van der Waals surface area contributed by atoms with E-state index in [4.69, 9.17) is 16.3 Å². The van der Waals surface area contributed by atoms with Crippen molar-refractivity contribution in [1.82, 2.24) is 10.3 Å². The zero-order chi connectivity index (χ0) is 16.9. The maximum absolute atomic E-state index is 12.7. The number of nitrogens with zero attached hydrogens (tertiary/aromatic N) is 2. The third-order valence-corrected chi connectivity index (χ3v) is 4.12. The predicted molar refractivity (Wildman–Crippen MR) is 91.7 cm³/mol. The van der Waals surface area contributed by atoms with E-state index in [1.54, 1.807) is 35.2 Å². The zero-order valence-electron chi connectivity index (χ0n) is 13.0. The van der Waals surface area contributed by atoms with E-state index in [0.717, 1.165) is 25.9 Å². The van der Waals surface area contributed by atoms with Crippen LogP contribution in [-0.2, 0) is 0 Å². The molecule has 0 bridgehead atoms. The van der Waals surface area contributed by atoms with Crippen molar-refractivity contribution < 1.29 is 14.6 Å². The highest BCUT2D eigenvalue weighted by molar-refractivity contribution is 6.30. The van der Waals surface area contributed by atoms with Crippen molar-refractivity contribution in [1.29, 1.82) is 0 Å². The number of aromatic nitrogens is 1. The van der Waals surface area contributed by atoms with Gasteiger partial charge in [-0.1, -0.05) is 11.6 Å². The second-order valence-corrected chi connectivity index (χ2v) is 5.98. The molecule has 0 saturated carbocycles. The van der Waals surface area contributed by atoms with Gasteiger partial charge in [0.05, 0.1) is 6.20 Å². The Labute approximate surface area is 145 Å². The molecule has 3 rings (SSSR count). The molecule has 1 aliphatic heterocycles. The molecule has 2 heterocycles. The first-order valence-corrected chi connectivity index (χ1v) is 8.13. The first kappa shape index (κ1) is 16.5. The van der Waals surface area contributed by atoms with Gasteiger partial charge in [-0.05, 0) is 62.3 Å². The van der Waals surface area contributed by atoms with Gasteiger partial charge in [-0.25, -0.2) is 9.78 Å². The summed E-state index contributed by atoms with van der Waals surface area (Å²) in [5.41, 5.74) is 0. The molecular weight excluding hydrogens is 330 g/mol. The summed E-state index contributed by atoms with van der Waals surface area (Å²) in [5.74, 6) is 0.927. The second-order valence-electron chi connectivity index (χ2n) is 5.55. The first-order valence-electron chi connectivity index (χ1n) is 7.76. The molecule has 1 aliphatic rings. The molecule has 0 aliphatic carbocycles. The Kier molecular flexibility index (Phi) is 5.17. The lowest BCUT2D eigenvalue weighted by molar-refractivity contribution is 0.202. The summed E-state index contributed by atoms with van der Waals surface area (Å²) in [6.45, 7) is 1.65. The van der Waals surface area contributed by atoms with Gasteiger partial charge < -0.3 is 15.2 Å². The molecule has 1 amide bonds. The largest absolute Gasteiger partial charge is 0.506 e. The van der Waals surface area contributed by atoms with Gasteiger partial charge in [-0.2, -0.15) is 0 Å². The van der Waals surface area contributed by atoms with Gasteiger partial charge in [-0.3, -0.25) is 4.90 Å². The number of benzene rings is 1. The first-order chi connectivity index (χ1) is 11.6. The molecule has 7 heteroatoms. The fourth-order valence-corrected chi connectivity index (χ4v) is 2.79. The van der Waals surface area contributed by atoms with Gasteiger partial charge in [0.25, 0.3) is 0 Å². The van der Waals surface area contributed by atoms with E-state index in [2.05, 4.69) is 10.3 Å². The molecule has 2 N–H and O–H groups in total. The maximum atomic E-state index is 12.7. The number of carbonyl (C=O) groups excluding carboxylic acids is 1. The van der Waals surface area contributed by atoms with Crippen LogP contribution in [0.25, 0.3) is 0 Å².